The monoisotopic (exact) mass is 456 g/mol. The minimum atomic E-state index is -4.53. The number of hydrogen-bond donors (Lipinski definition) is 0. The van der Waals surface area contributed by atoms with Crippen LogP contribution in [-0.2, 0) is 25.6 Å². The van der Waals surface area contributed by atoms with Gasteiger partial charge in [-0.25, -0.2) is 0 Å². The van der Waals surface area contributed by atoms with Crippen LogP contribution >= 0.6 is 0 Å². The molecule has 0 fully saturated rings. The molecule has 0 aromatic heterocycles. The van der Waals surface area contributed by atoms with Crippen LogP contribution in [0.4, 0.5) is 39.5 Å². The van der Waals surface area contributed by atoms with Crippen LogP contribution < -0.4 is 0 Å². The van der Waals surface area contributed by atoms with Gasteiger partial charge in [0.1, 0.15) is 19.8 Å². The van der Waals surface area contributed by atoms with Crippen LogP contribution in [0, 0.1) is 0 Å². The summed E-state index contributed by atoms with van der Waals surface area (Å²) in [7, 11) is 0. The van der Waals surface area contributed by atoms with Crippen molar-refractivity contribution >= 4 is 15.1 Å². The van der Waals surface area contributed by atoms with E-state index in [0.717, 1.165) is 0 Å². The molecule has 0 rings (SSSR count). The van der Waals surface area contributed by atoms with Crippen molar-refractivity contribution in [2.45, 2.75) is 18.5 Å². The lowest BCUT2D eigenvalue weighted by Gasteiger charge is -2.15. The van der Waals surface area contributed by atoms with E-state index in [-0.39, 0.29) is 19.8 Å². The van der Waals surface area contributed by atoms with Crippen molar-refractivity contribution in [2.24, 2.45) is 0 Å². The quantitative estimate of drug-likeness (QED) is 0.215. The Bertz CT molecular complexity index is 334. The van der Waals surface area contributed by atoms with Crippen LogP contribution in [0.3, 0.4) is 0 Å². The highest BCUT2D eigenvalue weighted by molar-refractivity contribution is 6.36. The third kappa shape index (κ3) is 22.0. The van der Waals surface area contributed by atoms with Crippen molar-refractivity contribution in [2.75, 3.05) is 59.5 Å². The van der Waals surface area contributed by atoms with E-state index < -0.39 is 73.3 Å². The van der Waals surface area contributed by atoms with E-state index in [0.29, 0.717) is 0 Å². The zero-order chi connectivity index (χ0) is 21.7. The summed E-state index contributed by atoms with van der Waals surface area (Å²) in [4.78, 5) is 0. The molecule has 0 aliphatic carbocycles. The number of hydrogen-bond acceptors (Lipinski definition) is 6. The van der Waals surface area contributed by atoms with E-state index in [4.69, 9.17) is 11.4 Å². The first-order chi connectivity index (χ1) is 12.8. The first kappa shape index (κ1) is 27.7. The SMILES string of the molecule is FC(F)(F)COCC[O][Al]([O]CCOCC(F)(F)F)[O]CCOCC(F)(F)F. The molecule has 0 aromatic rings. The normalized spacial score (nSPS) is 13.2. The van der Waals surface area contributed by atoms with Gasteiger partial charge in [0.2, 0.25) is 0 Å². The Morgan fingerprint density at radius 3 is 0.893 bits per heavy atom. The second-order valence-corrected chi connectivity index (χ2v) is 6.48. The van der Waals surface area contributed by atoms with Crippen molar-refractivity contribution in [3.63, 3.8) is 0 Å². The second kappa shape index (κ2) is 13.8. The van der Waals surface area contributed by atoms with E-state index in [1.165, 1.54) is 0 Å². The highest BCUT2D eigenvalue weighted by atomic mass is 27.3. The fourth-order valence-electron chi connectivity index (χ4n) is 1.32. The summed E-state index contributed by atoms with van der Waals surface area (Å²) in [5.74, 6) is 0. The number of halogens is 9. The molecule has 0 aromatic carbocycles. The van der Waals surface area contributed by atoms with Crippen molar-refractivity contribution in [1.29, 1.82) is 0 Å². The molecule has 28 heavy (non-hydrogen) atoms. The maximum atomic E-state index is 11.9. The number of alkyl halides is 9. The van der Waals surface area contributed by atoms with Gasteiger partial charge < -0.3 is 25.6 Å². The maximum Gasteiger partial charge on any atom is 0.905 e. The van der Waals surface area contributed by atoms with Crippen molar-refractivity contribution in [3.8, 4) is 0 Å². The van der Waals surface area contributed by atoms with Crippen LogP contribution in [-0.4, -0.2) is 93.1 Å². The summed E-state index contributed by atoms with van der Waals surface area (Å²) in [5, 5.41) is 0. The lowest BCUT2D eigenvalue weighted by atomic mass is 10.7. The van der Waals surface area contributed by atoms with Gasteiger partial charge in [0, 0.05) is 19.8 Å². The van der Waals surface area contributed by atoms with Crippen LogP contribution in [0.15, 0.2) is 0 Å². The lowest BCUT2D eigenvalue weighted by molar-refractivity contribution is -0.176. The molecule has 0 saturated carbocycles. The molecule has 0 unspecified atom stereocenters. The van der Waals surface area contributed by atoms with Gasteiger partial charge in [-0.15, -0.1) is 0 Å². The molecule has 0 aliphatic rings. The van der Waals surface area contributed by atoms with E-state index in [9.17, 15) is 39.5 Å². The molecule has 0 saturated heterocycles. The number of rotatable bonds is 15. The Hall–Kier alpha value is -0.338. The van der Waals surface area contributed by atoms with E-state index in [1.54, 1.807) is 0 Å². The Balaban J connectivity index is 4.08. The van der Waals surface area contributed by atoms with E-state index in [1.807, 2.05) is 0 Å². The maximum absolute atomic E-state index is 11.9. The molecule has 168 valence electrons. The van der Waals surface area contributed by atoms with Crippen LogP contribution in [0.1, 0.15) is 0 Å². The first-order valence-electron chi connectivity index (χ1n) is 7.57. The molecule has 0 aliphatic heterocycles. The standard InChI is InChI=1S/3C4H6F3O2.Al/c3*5-4(6,7)3-9-2-1-8;/h3*1-3H2;/q3*-1;+3. The van der Waals surface area contributed by atoms with Gasteiger partial charge in [-0.05, 0) is 0 Å². The molecule has 0 heterocycles. The van der Waals surface area contributed by atoms with Gasteiger partial charge in [0.05, 0.1) is 19.8 Å². The fourth-order valence-corrected chi connectivity index (χ4v) is 2.47. The molecule has 0 atom stereocenters. The predicted molar refractivity (Wildman–Crippen MR) is 74.2 cm³/mol. The van der Waals surface area contributed by atoms with Gasteiger partial charge >= 0.3 is 33.7 Å². The third-order valence-corrected chi connectivity index (χ3v) is 3.77. The van der Waals surface area contributed by atoms with E-state index in [2.05, 4.69) is 14.2 Å². The van der Waals surface area contributed by atoms with Crippen LogP contribution in [0.2, 0.25) is 0 Å². The average Bonchev–Trinajstić information content (AvgIpc) is 2.49. The highest BCUT2D eigenvalue weighted by Gasteiger charge is 2.33. The zero-order valence-electron chi connectivity index (χ0n) is 14.3. The van der Waals surface area contributed by atoms with Gasteiger partial charge in [0.25, 0.3) is 0 Å². The smallest absolute Gasteiger partial charge is 0.452 e. The highest BCUT2D eigenvalue weighted by Crippen LogP contribution is 2.15. The Kier molecular flexibility index (Phi) is 13.6. The Labute approximate surface area is 159 Å². The Morgan fingerprint density at radius 2 is 0.679 bits per heavy atom. The van der Waals surface area contributed by atoms with Crippen molar-refractivity contribution < 1.29 is 65.1 Å². The van der Waals surface area contributed by atoms with Gasteiger partial charge in [-0.1, -0.05) is 0 Å². The molecule has 0 amide bonds. The van der Waals surface area contributed by atoms with Crippen molar-refractivity contribution in [3.05, 3.63) is 0 Å². The van der Waals surface area contributed by atoms with Crippen LogP contribution in [0.25, 0.3) is 0 Å². The molecular formula is C12H18AlF9O6. The summed E-state index contributed by atoms with van der Waals surface area (Å²) >= 11 is -3.07. The van der Waals surface area contributed by atoms with Gasteiger partial charge in [-0.2, -0.15) is 39.5 Å². The van der Waals surface area contributed by atoms with Crippen molar-refractivity contribution in [1.82, 2.24) is 0 Å². The molecule has 0 N–H and O–H groups in total. The minimum Gasteiger partial charge on any atom is -0.452 e. The van der Waals surface area contributed by atoms with Crippen LogP contribution in [0.5, 0.6) is 0 Å². The molecule has 0 spiro atoms. The lowest BCUT2D eigenvalue weighted by Crippen LogP contribution is -2.32. The van der Waals surface area contributed by atoms with E-state index >= 15 is 0 Å². The minimum absolute atomic E-state index is 0.389. The zero-order valence-corrected chi connectivity index (χ0v) is 15.4. The third-order valence-electron chi connectivity index (χ3n) is 2.24. The van der Waals surface area contributed by atoms with Gasteiger partial charge in [0.15, 0.2) is 0 Å². The largest absolute Gasteiger partial charge is 0.905 e. The summed E-state index contributed by atoms with van der Waals surface area (Å²) in [5.41, 5.74) is 0. The summed E-state index contributed by atoms with van der Waals surface area (Å²) in [6, 6.07) is 0. The Morgan fingerprint density at radius 1 is 0.429 bits per heavy atom. The molecule has 0 radical (unpaired) electrons. The molecule has 0 bridgehead atoms. The topological polar surface area (TPSA) is 55.4 Å². The fraction of sp³-hybridized carbons (Fsp3) is 1.00. The second-order valence-electron chi connectivity index (χ2n) is 4.90. The summed E-state index contributed by atoms with van der Waals surface area (Å²) < 4.78 is 135. The van der Waals surface area contributed by atoms with Gasteiger partial charge in [-0.3, -0.25) is 0 Å². The first-order valence-corrected chi connectivity index (χ1v) is 8.98. The molecule has 16 heteroatoms. The number of ether oxygens (including phenoxy) is 3. The summed E-state index contributed by atoms with van der Waals surface area (Å²) in [6.07, 6.45) is -13.6. The average molecular weight is 456 g/mol. The summed E-state index contributed by atoms with van der Waals surface area (Å²) in [6.45, 7) is -7.15. The predicted octanol–water partition coefficient (Wildman–Crippen LogP) is 2.76. The molecular weight excluding hydrogens is 438 g/mol. The molecule has 6 nitrogen and oxygen atoms in total.